The third-order valence-electron chi connectivity index (χ3n) is 3.39. The molecule has 0 aliphatic rings. The molecule has 3 aromatic rings. The third-order valence-corrected chi connectivity index (χ3v) is 3.39. The maximum Gasteiger partial charge on any atom is 0.0920 e. The van der Waals surface area contributed by atoms with Gasteiger partial charge in [0, 0.05) is 23.5 Å². The smallest absolute Gasteiger partial charge is 0.0920 e. The van der Waals surface area contributed by atoms with Gasteiger partial charge in [0.25, 0.3) is 0 Å². The lowest BCUT2D eigenvalue weighted by Gasteiger charge is -2.20. The fourth-order valence-electron chi connectivity index (χ4n) is 2.20. The number of hydrogen-bond donors (Lipinski definition) is 2. The van der Waals surface area contributed by atoms with Crippen molar-refractivity contribution in [1.82, 2.24) is 20.4 Å². The molecule has 0 radical (unpaired) electrons. The number of nitrogens with zero attached hydrogens (tertiary/aromatic N) is 2. The Morgan fingerprint density at radius 3 is 1.65 bits per heavy atom. The van der Waals surface area contributed by atoms with Crippen molar-refractivity contribution in [3.05, 3.63) is 48.3 Å². The van der Waals surface area contributed by atoms with Gasteiger partial charge in [-0.15, -0.1) is 0 Å². The summed E-state index contributed by atoms with van der Waals surface area (Å²) in [5, 5.41) is 14.3. The second-order valence-corrected chi connectivity index (χ2v) is 5.97. The highest BCUT2D eigenvalue weighted by molar-refractivity contribution is 5.71. The van der Waals surface area contributed by atoms with E-state index in [0.29, 0.717) is 0 Å². The van der Waals surface area contributed by atoms with Gasteiger partial charge in [0.2, 0.25) is 0 Å². The van der Waals surface area contributed by atoms with E-state index in [-0.39, 0.29) is 5.41 Å². The number of hydrogen-bond acceptors (Lipinski definition) is 2. The molecule has 2 N–H and O–H groups in total. The van der Waals surface area contributed by atoms with E-state index in [1.165, 1.54) is 5.56 Å². The molecule has 0 bridgehead atoms. The van der Waals surface area contributed by atoms with Crippen LogP contribution in [-0.4, -0.2) is 20.4 Å². The Kier molecular flexibility index (Phi) is 2.93. The van der Waals surface area contributed by atoms with Crippen molar-refractivity contribution in [2.45, 2.75) is 26.2 Å². The fraction of sp³-hybridized carbons (Fsp3) is 0.250. The maximum atomic E-state index is 4.28. The molecule has 0 saturated carbocycles. The Bertz CT molecular complexity index is 636. The van der Waals surface area contributed by atoms with Crippen molar-refractivity contribution in [2.75, 3.05) is 0 Å². The van der Waals surface area contributed by atoms with E-state index in [0.717, 1.165) is 22.5 Å². The molecule has 3 rings (SSSR count). The molecule has 20 heavy (non-hydrogen) atoms. The first-order valence-corrected chi connectivity index (χ1v) is 6.70. The van der Waals surface area contributed by atoms with Gasteiger partial charge >= 0.3 is 0 Å². The fourth-order valence-corrected chi connectivity index (χ4v) is 2.20. The summed E-state index contributed by atoms with van der Waals surface area (Å²) in [5.74, 6) is 0. The van der Waals surface area contributed by atoms with Gasteiger partial charge in [0.15, 0.2) is 0 Å². The summed E-state index contributed by atoms with van der Waals surface area (Å²) in [4.78, 5) is 0. The molecule has 0 fully saturated rings. The number of aromatic amines is 2. The molecule has 0 aliphatic heterocycles. The molecule has 2 aromatic heterocycles. The van der Waals surface area contributed by atoms with E-state index < -0.39 is 0 Å². The van der Waals surface area contributed by atoms with E-state index in [2.05, 4.69) is 59.4 Å². The van der Waals surface area contributed by atoms with Gasteiger partial charge in [0.1, 0.15) is 0 Å². The summed E-state index contributed by atoms with van der Waals surface area (Å²) in [6.07, 6.45) is 3.68. The van der Waals surface area contributed by atoms with Crippen LogP contribution in [0.25, 0.3) is 22.5 Å². The van der Waals surface area contributed by atoms with Gasteiger partial charge in [-0.1, -0.05) is 20.8 Å². The largest absolute Gasteiger partial charge is 0.285 e. The Morgan fingerprint density at radius 2 is 1.30 bits per heavy atom. The topological polar surface area (TPSA) is 57.4 Å². The molecule has 2 heterocycles. The van der Waals surface area contributed by atoms with E-state index in [1.54, 1.807) is 0 Å². The molecule has 0 saturated heterocycles. The monoisotopic (exact) mass is 266 g/mol. The zero-order valence-electron chi connectivity index (χ0n) is 11.9. The average molecular weight is 266 g/mol. The SMILES string of the molecule is CC(C)(C)c1cc(-c2cc[nH]n2)cc(-c2cc[nH]n2)c1. The van der Waals surface area contributed by atoms with E-state index >= 15 is 0 Å². The van der Waals surface area contributed by atoms with Crippen LogP contribution in [0.1, 0.15) is 26.3 Å². The summed E-state index contributed by atoms with van der Waals surface area (Å²) in [5.41, 5.74) is 5.47. The van der Waals surface area contributed by atoms with E-state index in [1.807, 2.05) is 24.5 Å². The summed E-state index contributed by atoms with van der Waals surface area (Å²) in [6, 6.07) is 10.5. The number of nitrogens with one attached hydrogen (secondary N) is 2. The molecule has 102 valence electrons. The Balaban J connectivity index is 2.19. The quantitative estimate of drug-likeness (QED) is 0.742. The predicted octanol–water partition coefficient (Wildman–Crippen LogP) is 3.76. The maximum absolute atomic E-state index is 4.28. The Hall–Kier alpha value is -2.36. The molecule has 0 atom stereocenters. The van der Waals surface area contributed by atoms with Crippen molar-refractivity contribution in [3.8, 4) is 22.5 Å². The summed E-state index contributed by atoms with van der Waals surface area (Å²) >= 11 is 0. The number of rotatable bonds is 2. The molecular weight excluding hydrogens is 248 g/mol. The van der Waals surface area contributed by atoms with Gasteiger partial charge in [-0.05, 0) is 41.3 Å². The van der Waals surface area contributed by atoms with Crippen LogP contribution in [-0.2, 0) is 5.41 Å². The van der Waals surface area contributed by atoms with Crippen molar-refractivity contribution < 1.29 is 0 Å². The minimum absolute atomic E-state index is 0.0807. The lowest BCUT2D eigenvalue weighted by molar-refractivity contribution is 0.590. The molecule has 4 nitrogen and oxygen atoms in total. The van der Waals surface area contributed by atoms with Gasteiger partial charge in [-0.3, -0.25) is 10.2 Å². The standard InChI is InChI=1S/C16H18N4/c1-16(2,3)13-9-11(14-4-6-17-19-14)8-12(10-13)15-5-7-18-20-15/h4-10H,1-3H3,(H,17,19)(H,18,20). The Morgan fingerprint density at radius 1 is 0.800 bits per heavy atom. The third kappa shape index (κ3) is 2.37. The van der Waals surface area contributed by atoms with E-state index in [9.17, 15) is 0 Å². The first-order valence-electron chi connectivity index (χ1n) is 6.70. The number of aromatic nitrogens is 4. The van der Waals surface area contributed by atoms with Crippen molar-refractivity contribution in [2.24, 2.45) is 0 Å². The van der Waals surface area contributed by atoms with Crippen LogP contribution in [0, 0.1) is 0 Å². The Labute approximate surface area is 118 Å². The van der Waals surface area contributed by atoms with Crippen molar-refractivity contribution in [1.29, 1.82) is 0 Å². The van der Waals surface area contributed by atoms with Crippen LogP contribution in [0.5, 0.6) is 0 Å². The highest BCUT2D eigenvalue weighted by Crippen LogP contribution is 2.31. The lowest BCUT2D eigenvalue weighted by Crippen LogP contribution is -2.11. The molecule has 0 amide bonds. The van der Waals surface area contributed by atoms with Crippen LogP contribution >= 0.6 is 0 Å². The van der Waals surface area contributed by atoms with Crippen LogP contribution < -0.4 is 0 Å². The van der Waals surface area contributed by atoms with Crippen LogP contribution in [0.2, 0.25) is 0 Å². The number of benzene rings is 1. The zero-order valence-corrected chi connectivity index (χ0v) is 11.9. The second kappa shape index (κ2) is 4.63. The highest BCUT2D eigenvalue weighted by Gasteiger charge is 2.17. The number of H-pyrrole nitrogens is 2. The van der Waals surface area contributed by atoms with Gasteiger partial charge in [-0.25, -0.2) is 0 Å². The van der Waals surface area contributed by atoms with Crippen LogP contribution in [0.3, 0.4) is 0 Å². The molecule has 0 unspecified atom stereocenters. The normalized spacial score (nSPS) is 11.8. The summed E-state index contributed by atoms with van der Waals surface area (Å²) < 4.78 is 0. The highest BCUT2D eigenvalue weighted by atomic mass is 15.1. The molecule has 4 heteroatoms. The predicted molar refractivity (Wildman–Crippen MR) is 80.3 cm³/mol. The van der Waals surface area contributed by atoms with E-state index in [4.69, 9.17) is 0 Å². The summed E-state index contributed by atoms with van der Waals surface area (Å²) in [7, 11) is 0. The lowest BCUT2D eigenvalue weighted by atomic mass is 9.84. The molecule has 1 aromatic carbocycles. The first kappa shape index (κ1) is 12.7. The van der Waals surface area contributed by atoms with Crippen molar-refractivity contribution in [3.63, 3.8) is 0 Å². The first-order chi connectivity index (χ1) is 9.54. The minimum atomic E-state index is 0.0807. The van der Waals surface area contributed by atoms with Crippen LogP contribution in [0.4, 0.5) is 0 Å². The molecule has 0 spiro atoms. The molecular formula is C16H18N4. The van der Waals surface area contributed by atoms with Gasteiger partial charge in [-0.2, -0.15) is 10.2 Å². The zero-order chi connectivity index (χ0) is 14.2. The van der Waals surface area contributed by atoms with Gasteiger partial charge in [0.05, 0.1) is 11.4 Å². The average Bonchev–Trinajstić information content (AvgIpc) is 3.10. The second-order valence-electron chi connectivity index (χ2n) is 5.97. The minimum Gasteiger partial charge on any atom is -0.285 e. The summed E-state index contributed by atoms with van der Waals surface area (Å²) in [6.45, 7) is 6.64. The van der Waals surface area contributed by atoms with Crippen LogP contribution in [0.15, 0.2) is 42.7 Å². The van der Waals surface area contributed by atoms with Crippen molar-refractivity contribution >= 4 is 0 Å². The molecule has 0 aliphatic carbocycles. The van der Waals surface area contributed by atoms with Gasteiger partial charge < -0.3 is 0 Å².